The van der Waals surface area contributed by atoms with Gasteiger partial charge < -0.3 is 15.5 Å². The van der Waals surface area contributed by atoms with Crippen molar-refractivity contribution in [3.63, 3.8) is 0 Å². The Kier molecular flexibility index (Phi) is 6.55. The molecule has 0 bridgehead atoms. The number of aromatic nitrogens is 2. The average Bonchev–Trinajstić information content (AvgIpc) is 3.33. The summed E-state index contributed by atoms with van der Waals surface area (Å²) < 4.78 is 0. The predicted molar refractivity (Wildman–Crippen MR) is 140 cm³/mol. The number of hydrogen-bond acceptors (Lipinski definition) is 6. The van der Waals surface area contributed by atoms with Crippen LogP contribution in [0, 0.1) is 0 Å². The molecule has 5 rings (SSSR count). The molecule has 0 aliphatic heterocycles. The van der Waals surface area contributed by atoms with E-state index < -0.39 is 0 Å². The highest BCUT2D eigenvalue weighted by molar-refractivity contribution is 7.15. The molecule has 0 amide bonds. The van der Waals surface area contributed by atoms with E-state index in [4.69, 9.17) is 9.97 Å². The minimum absolute atomic E-state index is 0.422. The first-order valence-electron chi connectivity index (χ1n) is 11.7. The van der Waals surface area contributed by atoms with Gasteiger partial charge in [0.1, 0.15) is 5.82 Å². The highest BCUT2D eigenvalue weighted by Crippen LogP contribution is 2.29. The van der Waals surface area contributed by atoms with Crippen LogP contribution in [0.15, 0.2) is 66.7 Å². The maximum absolute atomic E-state index is 4.81. The zero-order valence-corrected chi connectivity index (χ0v) is 20.1. The van der Waals surface area contributed by atoms with Crippen molar-refractivity contribution in [1.82, 2.24) is 15.3 Å². The standard InChI is InChI=1S/C27H31N5S/c1-32(2)26-23-10-6-7-11-24(23)30-27(31-26)29-21-14-12-20(13-15-21)28-18-22-16-17-25(33-22)19-8-4-3-5-9-19/h3-11,16-17,20-21,28H,12-15,18H2,1-2H3,(H,29,30,31)/t20-,21+. The van der Waals surface area contributed by atoms with E-state index in [1.54, 1.807) is 0 Å². The van der Waals surface area contributed by atoms with E-state index in [2.05, 4.69) is 70.1 Å². The topological polar surface area (TPSA) is 53.1 Å². The van der Waals surface area contributed by atoms with Gasteiger partial charge in [-0.1, -0.05) is 42.5 Å². The van der Waals surface area contributed by atoms with Gasteiger partial charge in [0.25, 0.3) is 0 Å². The SMILES string of the molecule is CN(C)c1nc(N[C@H]2CC[C@@H](NCc3ccc(-c4ccccc4)s3)CC2)nc2ccccc12. The summed E-state index contributed by atoms with van der Waals surface area (Å²) in [6.45, 7) is 0.945. The molecule has 2 heterocycles. The van der Waals surface area contributed by atoms with Gasteiger partial charge in [-0.3, -0.25) is 0 Å². The van der Waals surface area contributed by atoms with Gasteiger partial charge in [0.15, 0.2) is 0 Å². The second-order valence-corrected chi connectivity index (χ2v) is 10.2. The summed E-state index contributed by atoms with van der Waals surface area (Å²) in [7, 11) is 4.07. The van der Waals surface area contributed by atoms with Crippen LogP contribution in [0.4, 0.5) is 11.8 Å². The van der Waals surface area contributed by atoms with E-state index in [1.807, 2.05) is 37.6 Å². The minimum atomic E-state index is 0.422. The maximum atomic E-state index is 4.81. The van der Waals surface area contributed by atoms with Crippen molar-refractivity contribution < 1.29 is 0 Å². The lowest BCUT2D eigenvalue weighted by Crippen LogP contribution is -2.36. The average molecular weight is 458 g/mol. The van der Waals surface area contributed by atoms with Crippen LogP contribution < -0.4 is 15.5 Å². The zero-order chi connectivity index (χ0) is 22.6. The van der Waals surface area contributed by atoms with Crippen LogP contribution in [0.25, 0.3) is 21.3 Å². The summed E-state index contributed by atoms with van der Waals surface area (Å²) in [5.74, 6) is 1.70. The molecule has 4 aromatic rings. The van der Waals surface area contributed by atoms with E-state index in [9.17, 15) is 0 Å². The van der Waals surface area contributed by atoms with Gasteiger partial charge in [0.05, 0.1) is 5.52 Å². The van der Waals surface area contributed by atoms with Crippen LogP contribution in [0.2, 0.25) is 0 Å². The molecular weight excluding hydrogens is 426 g/mol. The molecular formula is C27H31N5S. The zero-order valence-electron chi connectivity index (χ0n) is 19.3. The van der Waals surface area contributed by atoms with Gasteiger partial charge in [-0.05, 0) is 55.5 Å². The molecule has 0 radical (unpaired) electrons. The smallest absolute Gasteiger partial charge is 0.225 e. The van der Waals surface area contributed by atoms with Gasteiger partial charge in [-0.2, -0.15) is 4.98 Å². The first kappa shape index (κ1) is 21.9. The largest absolute Gasteiger partial charge is 0.362 e. The quantitative estimate of drug-likeness (QED) is 0.360. The lowest BCUT2D eigenvalue weighted by atomic mass is 9.91. The molecule has 2 N–H and O–H groups in total. The summed E-state index contributed by atoms with van der Waals surface area (Å²) in [5, 5.41) is 8.48. The fourth-order valence-corrected chi connectivity index (χ4v) is 5.53. The number of fused-ring (bicyclic) bond motifs is 1. The van der Waals surface area contributed by atoms with Crippen molar-refractivity contribution in [2.45, 2.75) is 44.3 Å². The molecule has 2 aromatic carbocycles. The van der Waals surface area contributed by atoms with Gasteiger partial charge in [-0.15, -0.1) is 11.3 Å². The van der Waals surface area contributed by atoms with E-state index in [0.717, 1.165) is 42.1 Å². The van der Waals surface area contributed by atoms with E-state index in [0.29, 0.717) is 12.1 Å². The molecule has 1 saturated carbocycles. The minimum Gasteiger partial charge on any atom is -0.362 e. The number of para-hydroxylation sites is 1. The molecule has 33 heavy (non-hydrogen) atoms. The van der Waals surface area contributed by atoms with Gasteiger partial charge in [0.2, 0.25) is 5.95 Å². The second kappa shape index (κ2) is 9.89. The number of nitrogens with zero attached hydrogens (tertiary/aromatic N) is 3. The Morgan fingerprint density at radius 3 is 2.36 bits per heavy atom. The summed E-state index contributed by atoms with van der Waals surface area (Å²) in [4.78, 5) is 14.4. The summed E-state index contributed by atoms with van der Waals surface area (Å²) in [6.07, 6.45) is 4.60. The Morgan fingerprint density at radius 1 is 0.848 bits per heavy atom. The number of anilines is 2. The number of benzene rings is 2. The van der Waals surface area contributed by atoms with Crippen LogP contribution in [0.5, 0.6) is 0 Å². The van der Waals surface area contributed by atoms with Gasteiger partial charge in [-0.25, -0.2) is 4.98 Å². The van der Waals surface area contributed by atoms with Crippen molar-refractivity contribution in [3.8, 4) is 10.4 Å². The Labute approximate surface area is 199 Å². The Balaban J connectivity index is 1.15. The summed E-state index contributed by atoms with van der Waals surface area (Å²) in [5.41, 5.74) is 2.29. The molecule has 0 saturated heterocycles. The summed E-state index contributed by atoms with van der Waals surface area (Å²) >= 11 is 1.89. The first-order chi connectivity index (χ1) is 16.2. The van der Waals surface area contributed by atoms with Crippen molar-refractivity contribution >= 4 is 34.0 Å². The normalized spacial score (nSPS) is 18.4. The molecule has 0 unspecified atom stereocenters. The molecule has 1 fully saturated rings. The Hall–Kier alpha value is -2.96. The second-order valence-electron chi connectivity index (χ2n) is 8.99. The fourth-order valence-electron chi connectivity index (χ4n) is 4.57. The molecule has 0 spiro atoms. The van der Waals surface area contributed by atoms with Crippen molar-refractivity contribution in [2.24, 2.45) is 0 Å². The predicted octanol–water partition coefficient (Wildman–Crippen LogP) is 5.94. The number of rotatable bonds is 7. The highest BCUT2D eigenvalue weighted by atomic mass is 32.1. The molecule has 6 heteroatoms. The third-order valence-electron chi connectivity index (χ3n) is 6.35. The Morgan fingerprint density at radius 2 is 1.58 bits per heavy atom. The van der Waals surface area contributed by atoms with Crippen LogP contribution in [0.3, 0.4) is 0 Å². The third kappa shape index (κ3) is 5.18. The van der Waals surface area contributed by atoms with Gasteiger partial charge in [0, 0.05) is 47.9 Å². The van der Waals surface area contributed by atoms with E-state index in [1.165, 1.54) is 28.2 Å². The third-order valence-corrected chi connectivity index (χ3v) is 7.49. The lowest BCUT2D eigenvalue weighted by Gasteiger charge is -2.30. The Bertz CT molecular complexity index is 1200. The number of hydrogen-bond donors (Lipinski definition) is 2. The van der Waals surface area contributed by atoms with E-state index >= 15 is 0 Å². The molecule has 1 aliphatic rings. The van der Waals surface area contributed by atoms with Crippen molar-refractivity contribution in [2.75, 3.05) is 24.3 Å². The lowest BCUT2D eigenvalue weighted by molar-refractivity contribution is 0.353. The number of thiophene rings is 1. The molecule has 170 valence electrons. The molecule has 1 aliphatic carbocycles. The molecule has 5 nitrogen and oxygen atoms in total. The number of nitrogens with one attached hydrogen (secondary N) is 2. The molecule has 0 atom stereocenters. The van der Waals surface area contributed by atoms with Crippen LogP contribution in [-0.4, -0.2) is 36.1 Å². The molecule has 2 aromatic heterocycles. The fraction of sp³-hybridized carbons (Fsp3) is 0.333. The van der Waals surface area contributed by atoms with Crippen LogP contribution >= 0.6 is 11.3 Å². The van der Waals surface area contributed by atoms with Gasteiger partial charge >= 0.3 is 0 Å². The highest BCUT2D eigenvalue weighted by Gasteiger charge is 2.22. The van der Waals surface area contributed by atoms with Crippen molar-refractivity contribution in [3.05, 3.63) is 71.6 Å². The maximum Gasteiger partial charge on any atom is 0.225 e. The monoisotopic (exact) mass is 457 g/mol. The summed E-state index contributed by atoms with van der Waals surface area (Å²) in [6, 6.07) is 24.3. The van der Waals surface area contributed by atoms with Crippen LogP contribution in [-0.2, 0) is 6.54 Å². The van der Waals surface area contributed by atoms with Crippen LogP contribution in [0.1, 0.15) is 30.6 Å². The van der Waals surface area contributed by atoms with E-state index in [-0.39, 0.29) is 0 Å². The first-order valence-corrected chi connectivity index (χ1v) is 12.6. The van der Waals surface area contributed by atoms with Crippen molar-refractivity contribution in [1.29, 1.82) is 0 Å².